The summed E-state index contributed by atoms with van der Waals surface area (Å²) in [6.45, 7) is 6.31. The predicted molar refractivity (Wildman–Crippen MR) is 133 cm³/mol. The Labute approximate surface area is 207 Å². The van der Waals surface area contributed by atoms with Crippen molar-refractivity contribution in [2.45, 2.75) is 33.1 Å². The average Bonchev–Trinajstić information content (AvgIpc) is 2.86. The summed E-state index contributed by atoms with van der Waals surface area (Å²) in [4.78, 5) is 11.4. The lowest BCUT2D eigenvalue weighted by Gasteiger charge is -2.14. The molecule has 0 heterocycles. The molecule has 2 aromatic carbocycles. The van der Waals surface area contributed by atoms with Gasteiger partial charge in [-0.3, -0.25) is 0 Å². The lowest BCUT2D eigenvalue weighted by atomic mass is 10.1. The maximum Gasteiger partial charge on any atom is 0.371 e. The van der Waals surface area contributed by atoms with Gasteiger partial charge in [-0.15, -0.1) is 0 Å². The van der Waals surface area contributed by atoms with Crippen LogP contribution in [-0.4, -0.2) is 58.0 Å². The zero-order valence-electron chi connectivity index (χ0n) is 20.8. The molecule has 2 aromatic rings. The Bertz CT molecular complexity index is 908. The molecule has 0 fully saturated rings. The zero-order chi connectivity index (χ0) is 25.3. The number of ether oxygens (including phenoxy) is 6. The van der Waals surface area contributed by atoms with Crippen molar-refractivity contribution in [2.24, 2.45) is 0 Å². The van der Waals surface area contributed by atoms with Gasteiger partial charge in [0, 0.05) is 13.5 Å². The van der Waals surface area contributed by atoms with Crippen molar-refractivity contribution in [3.63, 3.8) is 0 Å². The van der Waals surface area contributed by atoms with Crippen molar-refractivity contribution in [2.75, 3.05) is 46.9 Å². The van der Waals surface area contributed by atoms with Crippen molar-refractivity contribution in [1.29, 1.82) is 0 Å². The summed E-state index contributed by atoms with van der Waals surface area (Å²) in [6.07, 6.45) is 4.09. The maximum absolute atomic E-state index is 11.4. The van der Waals surface area contributed by atoms with Gasteiger partial charge in [0.2, 0.25) is 5.76 Å². The highest BCUT2D eigenvalue weighted by atomic mass is 16.7. The number of benzene rings is 2. The lowest BCUT2D eigenvalue weighted by molar-refractivity contribution is -0.136. The van der Waals surface area contributed by atoms with E-state index in [1.54, 1.807) is 32.2 Å². The summed E-state index contributed by atoms with van der Waals surface area (Å²) >= 11 is 0. The molecule has 1 N–H and O–H groups in total. The van der Waals surface area contributed by atoms with Gasteiger partial charge in [-0.05, 0) is 54.8 Å². The summed E-state index contributed by atoms with van der Waals surface area (Å²) < 4.78 is 32.9. The molecule has 35 heavy (non-hydrogen) atoms. The molecule has 0 amide bonds. The van der Waals surface area contributed by atoms with E-state index in [4.69, 9.17) is 28.4 Å². The predicted octanol–water partition coefficient (Wildman–Crippen LogP) is 4.95. The van der Waals surface area contributed by atoms with Crippen LogP contribution in [0.4, 0.5) is 0 Å². The standard InChI is InChI=1S/C27H36O8/c1-4-6-14-33-25-18-22(19-26(27(28)29)32-5-2)9-12-24(25)34-15-13-21-7-10-23(11-8-21)35-20-31-17-16-30-3/h7-12,18-19H,4-6,13-17,20H2,1-3H3,(H,28,29). The van der Waals surface area contributed by atoms with Crippen LogP contribution in [0, 0.1) is 0 Å². The number of carboxylic acid groups (broad SMARTS) is 1. The second-order valence-corrected chi connectivity index (χ2v) is 7.56. The van der Waals surface area contributed by atoms with Crippen molar-refractivity contribution in [1.82, 2.24) is 0 Å². The molecule has 0 aliphatic rings. The summed E-state index contributed by atoms with van der Waals surface area (Å²) in [5.74, 6) is 0.686. The Morgan fingerprint density at radius 2 is 1.69 bits per heavy atom. The van der Waals surface area contributed by atoms with Crippen LogP contribution in [0.1, 0.15) is 37.8 Å². The van der Waals surface area contributed by atoms with E-state index in [-0.39, 0.29) is 19.2 Å². The molecule has 0 bridgehead atoms. The first-order chi connectivity index (χ1) is 17.1. The highest BCUT2D eigenvalue weighted by Crippen LogP contribution is 2.30. The molecule has 8 heteroatoms. The Hall–Kier alpha value is -3.23. The highest BCUT2D eigenvalue weighted by molar-refractivity contribution is 5.90. The fraction of sp³-hybridized carbons (Fsp3) is 0.444. The fourth-order valence-electron chi connectivity index (χ4n) is 2.99. The maximum atomic E-state index is 11.4. The highest BCUT2D eigenvalue weighted by Gasteiger charge is 2.11. The van der Waals surface area contributed by atoms with Gasteiger partial charge in [0.1, 0.15) is 5.75 Å². The normalized spacial score (nSPS) is 11.2. The minimum atomic E-state index is -1.12. The summed E-state index contributed by atoms with van der Waals surface area (Å²) in [7, 11) is 1.63. The van der Waals surface area contributed by atoms with Gasteiger partial charge < -0.3 is 33.5 Å². The number of carbonyl (C=O) groups is 1. The molecule has 0 saturated heterocycles. The Kier molecular flexibility index (Phi) is 13.1. The summed E-state index contributed by atoms with van der Waals surface area (Å²) in [5.41, 5.74) is 1.77. The SMILES string of the molecule is CCCCOc1cc(C=C(OCC)C(=O)O)ccc1OCCc1ccc(OCOCCOC)cc1. The second-order valence-electron chi connectivity index (χ2n) is 7.56. The van der Waals surface area contributed by atoms with Crippen LogP contribution in [0.5, 0.6) is 17.2 Å². The molecule has 0 unspecified atom stereocenters. The number of carboxylic acids is 1. The number of aliphatic carboxylic acids is 1. The Morgan fingerprint density at radius 3 is 2.37 bits per heavy atom. The first-order valence-electron chi connectivity index (χ1n) is 11.8. The number of unbranched alkanes of at least 4 members (excludes halogenated alkanes) is 1. The zero-order valence-corrected chi connectivity index (χ0v) is 20.8. The van der Waals surface area contributed by atoms with Gasteiger partial charge >= 0.3 is 5.97 Å². The quantitative estimate of drug-likeness (QED) is 0.136. The fourth-order valence-corrected chi connectivity index (χ4v) is 2.99. The third kappa shape index (κ3) is 10.7. The van der Waals surface area contributed by atoms with Crippen LogP contribution in [-0.2, 0) is 25.4 Å². The van der Waals surface area contributed by atoms with Crippen LogP contribution < -0.4 is 14.2 Å². The third-order valence-corrected chi connectivity index (χ3v) is 4.84. The van der Waals surface area contributed by atoms with Crippen molar-refractivity contribution < 1.29 is 38.3 Å². The van der Waals surface area contributed by atoms with E-state index in [0.717, 1.165) is 24.2 Å². The molecular weight excluding hydrogens is 452 g/mol. The second kappa shape index (κ2) is 16.4. The van der Waals surface area contributed by atoms with Gasteiger partial charge in [0.25, 0.3) is 0 Å². The number of hydrogen-bond donors (Lipinski definition) is 1. The third-order valence-electron chi connectivity index (χ3n) is 4.84. The smallest absolute Gasteiger partial charge is 0.371 e. The molecule has 192 valence electrons. The van der Waals surface area contributed by atoms with Gasteiger partial charge in [0.05, 0.1) is 33.0 Å². The molecule has 0 atom stereocenters. The summed E-state index contributed by atoms with van der Waals surface area (Å²) in [5, 5.41) is 9.31. The first kappa shape index (κ1) is 28.0. The van der Waals surface area contributed by atoms with E-state index >= 15 is 0 Å². The van der Waals surface area contributed by atoms with E-state index in [1.165, 1.54) is 6.08 Å². The first-order valence-corrected chi connectivity index (χ1v) is 11.8. The molecule has 0 aromatic heterocycles. The largest absolute Gasteiger partial charge is 0.490 e. The monoisotopic (exact) mass is 488 g/mol. The molecule has 0 saturated carbocycles. The van der Waals surface area contributed by atoms with Gasteiger partial charge in [-0.1, -0.05) is 31.5 Å². The van der Waals surface area contributed by atoms with E-state index in [9.17, 15) is 9.90 Å². The molecule has 0 spiro atoms. The molecule has 8 nitrogen and oxygen atoms in total. The Morgan fingerprint density at radius 1 is 0.914 bits per heavy atom. The van der Waals surface area contributed by atoms with Gasteiger partial charge in [-0.25, -0.2) is 4.79 Å². The number of hydrogen-bond acceptors (Lipinski definition) is 7. The minimum absolute atomic E-state index is 0.116. The van der Waals surface area contributed by atoms with E-state index in [0.29, 0.717) is 49.9 Å². The molecular formula is C27H36O8. The van der Waals surface area contributed by atoms with Crippen LogP contribution >= 0.6 is 0 Å². The van der Waals surface area contributed by atoms with Crippen molar-refractivity contribution in [3.8, 4) is 17.2 Å². The van der Waals surface area contributed by atoms with Crippen molar-refractivity contribution >= 4 is 12.0 Å². The van der Waals surface area contributed by atoms with E-state index in [1.807, 2.05) is 24.3 Å². The van der Waals surface area contributed by atoms with Gasteiger partial charge in [0.15, 0.2) is 18.3 Å². The molecule has 0 aliphatic heterocycles. The average molecular weight is 489 g/mol. The van der Waals surface area contributed by atoms with Crippen LogP contribution in [0.2, 0.25) is 0 Å². The van der Waals surface area contributed by atoms with E-state index in [2.05, 4.69) is 6.92 Å². The topological polar surface area (TPSA) is 92.7 Å². The number of rotatable bonds is 18. The number of methoxy groups -OCH3 is 1. The van der Waals surface area contributed by atoms with Crippen LogP contribution in [0.25, 0.3) is 6.08 Å². The van der Waals surface area contributed by atoms with Crippen molar-refractivity contribution in [3.05, 3.63) is 59.4 Å². The Balaban J connectivity index is 1.96. The van der Waals surface area contributed by atoms with Crippen LogP contribution in [0.15, 0.2) is 48.2 Å². The van der Waals surface area contributed by atoms with Crippen LogP contribution in [0.3, 0.4) is 0 Å². The molecule has 0 aliphatic carbocycles. The molecule has 0 radical (unpaired) electrons. The van der Waals surface area contributed by atoms with E-state index < -0.39 is 5.97 Å². The molecule has 2 rings (SSSR count). The minimum Gasteiger partial charge on any atom is -0.490 e. The summed E-state index contributed by atoms with van der Waals surface area (Å²) in [6, 6.07) is 13.1. The lowest BCUT2D eigenvalue weighted by Crippen LogP contribution is -2.08. The van der Waals surface area contributed by atoms with Gasteiger partial charge in [-0.2, -0.15) is 0 Å².